The smallest absolute Gasteiger partial charge is 0.389 e. The largest absolute Gasteiger partial charge is 0.419 e. The summed E-state index contributed by atoms with van der Waals surface area (Å²) in [5.41, 5.74) is 0. The molecule has 12 heavy (non-hydrogen) atoms. The van der Waals surface area contributed by atoms with Crippen LogP contribution in [0.2, 0.25) is 12.6 Å². The first-order valence-electron chi connectivity index (χ1n) is 3.31. The lowest BCUT2D eigenvalue weighted by Crippen LogP contribution is -2.37. The van der Waals surface area contributed by atoms with Gasteiger partial charge in [-0.1, -0.05) is 0 Å². The lowest BCUT2D eigenvalue weighted by Gasteiger charge is -2.19. The summed E-state index contributed by atoms with van der Waals surface area (Å²) < 4.78 is 39.4. The number of alkyl halides is 3. The van der Waals surface area contributed by atoms with Crippen LogP contribution in [-0.2, 0) is 4.12 Å². The van der Waals surface area contributed by atoms with Crippen molar-refractivity contribution >= 4 is 18.6 Å². The molecule has 8 heteroatoms. The Morgan fingerprint density at radius 2 is 2.00 bits per heavy atom. The molecule has 0 rings (SSSR count). The Labute approximate surface area is 71.5 Å². The zero-order chi connectivity index (χ0) is 9.83. The molecule has 0 radical (unpaired) electrons. The Hall–Kier alpha value is 0.104. The summed E-state index contributed by atoms with van der Waals surface area (Å²) >= 11 is 0. The van der Waals surface area contributed by atoms with Crippen LogP contribution in [0.4, 0.5) is 13.2 Å². The van der Waals surface area contributed by atoms with E-state index in [1.807, 2.05) is 0 Å². The van der Waals surface area contributed by atoms with Crippen LogP contribution < -0.4 is 0 Å². The fourth-order valence-electron chi connectivity index (χ4n) is 0.585. The highest BCUT2D eigenvalue weighted by Gasteiger charge is 2.34. The fourth-order valence-corrected chi connectivity index (χ4v) is 3.02. The molecule has 0 saturated heterocycles. The molecule has 0 saturated carbocycles. The molecule has 0 aliphatic rings. The standard InChI is InChI=1S/C4H11F3O3Si2/c1-12(9,10-11-8)3-2-4(5,6)7/h8-9H,2-3,11H2,1H3. The summed E-state index contributed by atoms with van der Waals surface area (Å²) in [6, 6.07) is -0.413. The maximum atomic E-state index is 11.6. The number of rotatable bonds is 4. The van der Waals surface area contributed by atoms with Crippen LogP contribution in [0, 0.1) is 0 Å². The molecule has 0 aliphatic heterocycles. The van der Waals surface area contributed by atoms with Crippen molar-refractivity contribution < 1.29 is 26.9 Å². The average molecular weight is 220 g/mol. The zero-order valence-corrected chi connectivity index (χ0v) is 8.97. The van der Waals surface area contributed by atoms with Crippen molar-refractivity contribution in [3.05, 3.63) is 0 Å². The molecule has 0 aromatic heterocycles. The second-order valence-electron chi connectivity index (χ2n) is 2.56. The van der Waals surface area contributed by atoms with Gasteiger partial charge >= 0.3 is 14.7 Å². The van der Waals surface area contributed by atoms with E-state index >= 15 is 0 Å². The summed E-state index contributed by atoms with van der Waals surface area (Å²) in [5.74, 6) is 0. The second kappa shape index (κ2) is 4.37. The average Bonchev–Trinajstić information content (AvgIpc) is 1.83. The minimum Gasteiger partial charge on any atom is -0.419 e. The van der Waals surface area contributed by atoms with Crippen LogP contribution >= 0.6 is 0 Å². The lowest BCUT2D eigenvalue weighted by atomic mass is 10.5. The predicted molar refractivity (Wildman–Crippen MR) is 41.2 cm³/mol. The van der Waals surface area contributed by atoms with Gasteiger partial charge in [-0.3, -0.25) is 0 Å². The Balaban J connectivity index is 3.75. The van der Waals surface area contributed by atoms with Crippen LogP contribution in [0.5, 0.6) is 0 Å². The van der Waals surface area contributed by atoms with Crippen molar-refractivity contribution in [3.63, 3.8) is 0 Å². The van der Waals surface area contributed by atoms with E-state index in [0.717, 1.165) is 0 Å². The summed E-state index contributed by atoms with van der Waals surface area (Å²) in [7, 11) is -5.03. The topological polar surface area (TPSA) is 49.7 Å². The minimum atomic E-state index is -4.27. The number of hydrogen-bond donors (Lipinski definition) is 2. The van der Waals surface area contributed by atoms with E-state index in [2.05, 4.69) is 4.12 Å². The normalized spacial score (nSPS) is 18.5. The maximum absolute atomic E-state index is 11.6. The molecule has 0 aromatic rings. The molecular weight excluding hydrogens is 209 g/mol. The Morgan fingerprint density at radius 1 is 1.50 bits per heavy atom. The SMILES string of the molecule is C[Si](O)(CCC(F)(F)F)O[SiH2]O. The van der Waals surface area contributed by atoms with E-state index in [1.165, 1.54) is 6.55 Å². The first kappa shape index (κ1) is 12.1. The lowest BCUT2D eigenvalue weighted by molar-refractivity contribution is -0.131. The molecule has 1 atom stereocenters. The molecule has 3 nitrogen and oxygen atoms in total. The fraction of sp³-hybridized carbons (Fsp3) is 1.00. The Kier molecular flexibility index (Phi) is 4.41. The third-order valence-electron chi connectivity index (χ3n) is 1.25. The van der Waals surface area contributed by atoms with Gasteiger partial charge in [0, 0.05) is 6.42 Å². The van der Waals surface area contributed by atoms with E-state index in [9.17, 15) is 13.2 Å². The summed E-state index contributed by atoms with van der Waals surface area (Å²) in [4.78, 5) is 17.5. The number of hydrogen-bond acceptors (Lipinski definition) is 3. The van der Waals surface area contributed by atoms with Gasteiger partial charge in [-0.15, -0.1) is 0 Å². The van der Waals surface area contributed by atoms with Crippen molar-refractivity contribution in [1.82, 2.24) is 0 Å². The van der Waals surface area contributed by atoms with E-state index < -0.39 is 37.2 Å². The quantitative estimate of drug-likeness (QED) is 0.656. The van der Waals surface area contributed by atoms with Gasteiger partial charge in [-0.2, -0.15) is 13.2 Å². The molecule has 1 unspecified atom stereocenters. The number of halogens is 3. The summed E-state index contributed by atoms with van der Waals surface area (Å²) in [6.45, 7) is 1.24. The van der Waals surface area contributed by atoms with E-state index in [1.54, 1.807) is 0 Å². The third kappa shape index (κ3) is 6.79. The maximum Gasteiger partial charge on any atom is 0.389 e. The van der Waals surface area contributed by atoms with Gasteiger partial charge in [-0.05, 0) is 12.6 Å². The highest BCUT2D eigenvalue weighted by molar-refractivity contribution is 6.68. The van der Waals surface area contributed by atoms with E-state index in [4.69, 9.17) is 9.59 Å². The van der Waals surface area contributed by atoms with Gasteiger partial charge in [0.25, 0.3) is 10.0 Å². The summed E-state index contributed by atoms with van der Waals surface area (Å²) in [6.07, 6.45) is -5.32. The van der Waals surface area contributed by atoms with Crippen molar-refractivity contribution in [2.45, 2.75) is 25.2 Å². The van der Waals surface area contributed by atoms with Crippen LogP contribution in [0.3, 0.4) is 0 Å². The summed E-state index contributed by atoms with van der Waals surface area (Å²) in [5, 5.41) is 0. The first-order valence-corrected chi connectivity index (χ1v) is 7.08. The molecule has 2 N–H and O–H groups in total. The Bertz CT molecular complexity index is 138. The molecule has 0 amide bonds. The molecule has 0 spiro atoms. The monoisotopic (exact) mass is 220 g/mol. The molecule has 0 fully saturated rings. The molecule has 74 valence electrons. The van der Waals surface area contributed by atoms with Gasteiger partial charge in [0.05, 0.1) is 0 Å². The zero-order valence-electron chi connectivity index (χ0n) is 6.56. The van der Waals surface area contributed by atoms with Gasteiger partial charge in [0.1, 0.15) is 0 Å². The molecule has 0 aliphatic carbocycles. The van der Waals surface area contributed by atoms with Crippen molar-refractivity contribution in [2.75, 3.05) is 0 Å². The molecule has 0 heterocycles. The van der Waals surface area contributed by atoms with E-state index in [0.29, 0.717) is 0 Å². The first-order chi connectivity index (χ1) is 5.27. The molecule has 0 bridgehead atoms. The van der Waals surface area contributed by atoms with Crippen LogP contribution in [0.1, 0.15) is 6.42 Å². The van der Waals surface area contributed by atoms with Crippen molar-refractivity contribution in [2.24, 2.45) is 0 Å². The molecule has 0 aromatic carbocycles. The van der Waals surface area contributed by atoms with Crippen LogP contribution in [-0.4, -0.2) is 34.3 Å². The Morgan fingerprint density at radius 3 is 2.33 bits per heavy atom. The minimum absolute atomic E-state index is 0.413. The van der Waals surface area contributed by atoms with Gasteiger partial charge in [-0.25, -0.2) is 0 Å². The van der Waals surface area contributed by atoms with Crippen molar-refractivity contribution in [1.29, 1.82) is 0 Å². The highest BCUT2D eigenvalue weighted by Crippen LogP contribution is 2.25. The second-order valence-corrected chi connectivity index (χ2v) is 6.83. The van der Waals surface area contributed by atoms with Crippen molar-refractivity contribution in [3.8, 4) is 0 Å². The van der Waals surface area contributed by atoms with E-state index in [-0.39, 0.29) is 0 Å². The van der Waals surface area contributed by atoms with Gasteiger partial charge in [0.2, 0.25) is 0 Å². The third-order valence-corrected chi connectivity index (χ3v) is 5.43. The van der Waals surface area contributed by atoms with Crippen LogP contribution in [0.25, 0.3) is 0 Å². The molecular formula is C4H11F3O3Si2. The highest BCUT2D eigenvalue weighted by atomic mass is 28.4. The predicted octanol–water partition coefficient (Wildman–Crippen LogP) is 0.0108. The van der Waals surface area contributed by atoms with Gasteiger partial charge < -0.3 is 13.7 Å². The van der Waals surface area contributed by atoms with Crippen LogP contribution in [0.15, 0.2) is 0 Å². The van der Waals surface area contributed by atoms with Gasteiger partial charge in [0.15, 0.2) is 0 Å².